The molecule has 2 N–H and O–H groups in total. The molecule has 1 aliphatic heterocycles. The Morgan fingerprint density at radius 2 is 1.82 bits per heavy atom. The lowest BCUT2D eigenvalue weighted by molar-refractivity contribution is 0.414. The first-order valence-corrected chi connectivity index (χ1v) is 11.0. The molecule has 0 amide bonds. The molecule has 28 heavy (non-hydrogen) atoms. The molecule has 1 aromatic heterocycles. The van der Waals surface area contributed by atoms with Crippen LogP contribution in [-0.2, 0) is 10.2 Å². The zero-order valence-corrected chi connectivity index (χ0v) is 16.7. The Morgan fingerprint density at radius 1 is 1.11 bits per heavy atom. The number of para-hydroxylation sites is 1. The second-order valence-electron chi connectivity index (χ2n) is 7.08. The van der Waals surface area contributed by atoms with Crippen molar-refractivity contribution in [3.63, 3.8) is 0 Å². The Balaban J connectivity index is 1.67. The Kier molecular flexibility index (Phi) is 5.39. The van der Waals surface area contributed by atoms with Gasteiger partial charge in [-0.3, -0.25) is 0 Å². The number of fused-ring (bicyclic) bond motifs is 1. The first kappa shape index (κ1) is 19.0. The van der Waals surface area contributed by atoms with Gasteiger partial charge in [0.15, 0.2) is 0 Å². The van der Waals surface area contributed by atoms with E-state index in [1.165, 1.54) is 4.31 Å². The summed E-state index contributed by atoms with van der Waals surface area (Å²) in [5.74, 6) is 0.665. The summed E-state index contributed by atoms with van der Waals surface area (Å²) in [4.78, 5) is 3.30. The van der Waals surface area contributed by atoms with Gasteiger partial charge >= 0.3 is 0 Å². The lowest BCUT2D eigenvalue weighted by Gasteiger charge is -2.21. The molecule has 0 aliphatic carbocycles. The molecule has 0 spiro atoms. The first-order valence-electron chi connectivity index (χ1n) is 9.53. The summed E-state index contributed by atoms with van der Waals surface area (Å²) in [5, 5.41) is 1.10. The van der Waals surface area contributed by atoms with Crippen LogP contribution in [-0.4, -0.2) is 44.5 Å². The Hall–Kier alpha value is -2.35. The van der Waals surface area contributed by atoms with E-state index >= 15 is 0 Å². The van der Waals surface area contributed by atoms with Crippen LogP contribution in [0.3, 0.4) is 0 Å². The lowest BCUT2D eigenvalue weighted by Crippen LogP contribution is -2.40. The van der Waals surface area contributed by atoms with Crippen LogP contribution in [0.4, 0.5) is 0 Å². The molecule has 1 aliphatic rings. The molecule has 1 atom stereocenters. The van der Waals surface area contributed by atoms with E-state index in [0.29, 0.717) is 19.6 Å². The number of H-pyrrole nitrogens is 1. The van der Waals surface area contributed by atoms with Gasteiger partial charge in [0, 0.05) is 42.7 Å². The molecule has 148 valence electrons. The lowest BCUT2D eigenvalue weighted by atomic mass is 9.91. The van der Waals surface area contributed by atoms with Crippen molar-refractivity contribution in [2.75, 3.05) is 26.7 Å². The Labute approximate surface area is 165 Å². The number of aromatic amines is 1. The van der Waals surface area contributed by atoms with E-state index in [4.69, 9.17) is 4.74 Å². The van der Waals surface area contributed by atoms with Crippen molar-refractivity contribution in [3.8, 4) is 5.75 Å². The molecule has 2 aromatic carbocycles. The number of ether oxygens (including phenoxy) is 1. The maximum Gasteiger partial charge on any atom is 0.279 e. The molecule has 6 nitrogen and oxygen atoms in total. The second kappa shape index (κ2) is 7.95. The normalized spacial score (nSPS) is 16.5. The summed E-state index contributed by atoms with van der Waals surface area (Å²) in [7, 11) is -1.84. The molecule has 3 aromatic rings. The van der Waals surface area contributed by atoms with Crippen LogP contribution in [0.2, 0.25) is 0 Å². The van der Waals surface area contributed by atoms with E-state index in [1.807, 2.05) is 48.7 Å². The highest BCUT2D eigenvalue weighted by Crippen LogP contribution is 2.31. The van der Waals surface area contributed by atoms with Crippen molar-refractivity contribution in [1.29, 1.82) is 0 Å². The predicted molar refractivity (Wildman–Crippen MR) is 111 cm³/mol. The molecule has 1 fully saturated rings. The fourth-order valence-electron chi connectivity index (χ4n) is 3.83. The third kappa shape index (κ3) is 3.78. The van der Waals surface area contributed by atoms with Gasteiger partial charge in [0.05, 0.1) is 7.11 Å². The van der Waals surface area contributed by atoms with E-state index in [-0.39, 0.29) is 5.92 Å². The van der Waals surface area contributed by atoms with Gasteiger partial charge in [0.2, 0.25) is 0 Å². The zero-order chi connectivity index (χ0) is 19.6. The Morgan fingerprint density at radius 3 is 2.54 bits per heavy atom. The van der Waals surface area contributed by atoms with Crippen LogP contribution in [0.1, 0.15) is 29.9 Å². The third-order valence-corrected chi connectivity index (χ3v) is 6.97. The summed E-state index contributed by atoms with van der Waals surface area (Å²) in [6.45, 7) is 1.48. The zero-order valence-electron chi connectivity index (χ0n) is 15.9. The molecule has 0 bridgehead atoms. The van der Waals surface area contributed by atoms with Gasteiger partial charge in [-0.2, -0.15) is 12.7 Å². The highest BCUT2D eigenvalue weighted by Gasteiger charge is 2.27. The molecule has 7 heteroatoms. The van der Waals surface area contributed by atoms with E-state index in [2.05, 4.69) is 15.8 Å². The Bertz CT molecular complexity index is 1040. The number of nitrogens with one attached hydrogen (secondary N) is 2. The van der Waals surface area contributed by atoms with Crippen LogP contribution in [0.5, 0.6) is 5.75 Å². The minimum absolute atomic E-state index is 0.112. The standard InChI is InChI=1S/C21H25N3O3S/c1-27-17-10-8-16(9-11-17)19(15-23-28(25,26)24-12-4-5-13-24)20-14-22-21-7-3-2-6-18(20)21/h2-3,6-11,14,19,22-23H,4-5,12-13,15H2,1H3/t19-/m1/s1. The SMILES string of the molecule is COc1ccc([C@@H](CNS(=O)(=O)N2CCCC2)c2c[nH]c3ccccc23)cc1. The van der Waals surface area contributed by atoms with Crippen LogP contribution in [0, 0.1) is 0 Å². The first-order chi connectivity index (χ1) is 13.6. The number of methoxy groups -OCH3 is 1. The highest BCUT2D eigenvalue weighted by molar-refractivity contribution is 7.87. The number of benzene rings is 2. The minimum atomic E-state index is -3.47. The molecule has 0 unspecified atom stereocenters. The summed E-state index contributed by atoms with van der Waals surface area (Å²) in [6.07, 6.45) is 3.82. The van der Waals surface area contributed by atoms with Crippen molar-refractivity contribution in [2.24, 2.45) is 0 Å². The van der Waals surface area contributed by atoms with Crippen molar-refractivity contribution >= 4 is 21.1 Å². The number of hydrogen-bond donors (Lipinski definition) is 2. The molecule has 0 saturated carbocycles. The monoisotopic (exact) mass is 399 g/mol. The van der Waals surface area contributed by atoms with E-state index in [1.54, 1.807) is 7.11 Å². The van der Waals surface area contributed by atoms with Gasteiger partial charge in [-0.25, -0.2) is 4.72 Å². The van der Waals surface area contributed by atoms with Crippen LogP contribution in [0.15, 0.2) is 54.7 Å². The average Bonchev–Trinajstić information content (AvgIpc) is 3.40. The molecular formula is C21H25N3O3S. The van der Waals surface area contributed by atoms with Crippen molar-refractivity contribution in [2.45, 2.75) is 18.8 Å². The number of nitrogens with zero attached hydrogens (tertiary/aromatic N) is 1. The van der Waals surface area contributed by atoms with Gasteiger partial charge in [0.25, 0.3) is 10.2 Å². The van der Waals surface area contributed by atoms with Gasteiger partial charge < -0.3 is 9.72 Å². The number of rotatable bonds is 7. The fraction of sp³-hybridized carbons (Fsp3) is 0.333. The minimum Gasteiger partial charge on any atom is -0.497 e. The quantitative estimate of drug-likeness (QED) is 0.641. The summed E-state index contributed by atoms with van der Waals surface area (Å²) < 4.78 is 35.0. The third-order valence-electron chi connectivity index (χ3n) is 5.39. The average molecular weight is 400 g/mol. The summed E-state index contributed by atoms with van der Waals surface area (Å²) in [5.41, 5.74) is 3.15. The maximum atomic E-state index is 12.7. The van der Waals surface area contributed by atoms with Gasteiger partial charge in [-0.05, 0) is 42.2 Å². The van der Waals surface area contributed by atoms with Gasteiger partial charge in [-0.1, -0.05) is 30.3 Å². The predicted octanol–water partition coefficient (Wildman–Crippen LogP) is 3.24. The van der Waals surface area contributed by atoms with E-state index < -0.39 is 10.2 Å². The highest BCUT2D eigenvalue weighted by atomic mass is 32.2. The van der Waals surface area contributed by atoms with Crippen LogP contribution < -0.4 is 9.46 Å². The summed E-state index contributed by atoms with van der Waals surface area (Å²) in [6, 6.07) is 15.9. The van der Waals surface area contributed by atoms with Crippen LogP contribution in [0.25, 0.3) is 10.9 Å². The smallest absolute Gasteiger partial charge is 0.279 e. The maximum absolute atomic E-state index is 12.7. The molecule has 4 rings (SSSR count). The molecule has 0 radical (unpaired) electrons. The van der Waals surface area contributed by atoms with Crippen molar-refractivity contribution in [3.05, 3.63) is 65.9 Å². The fourth-order valence-corrected chi connectivity index (χ4v) is 5.13. The number of hydrogen-bond acceptors (Lipinski definition) is 3. The molecular weight excluding hydrogens is 374 g/mol. The van der Waals surface area contributed by atoms with E-state index in [0.717, 1.165) is 40.6 Å². The van der Waals surface area contributed by atoms with E-state index in [9.17, 15) is 8.42 Å². The van der Waals surface area contributed by atoms with Crippen molar-refractivity contribution < 1.29 is 13.2 Å². The van der Waals surface area contributed by atoms with Crippen molar-refractivity contribution in [1.82, 2.24) is 14.0 Å². The summed E-state index contributed by atoms with van der Waals surface area (Å²) >= 11 is 0. The molecule has 1 saturated heterocycles. The number of aromatic nitrogens is 1. The van der Waals surface area contributed by atoms with Gasteiger partial charge in [0.1, 0.15) is 5.75 Å². The largest absolute Gasteiger partial charge is 0.497 e. The molecule has 2 heterocycles. The van der Waals surface area contributed by atoms with Gasteiger partial charge in [-0.15, -0.1) is 0 Å². The van der Waals surface area contributed by atoms with Crippen LogP contribution >= 0.6 is 0 Å². The second-order valence-corrected chi connectivity index (χ2v) is 8.83. The topological polar surface area (TPSA) is 74.4 Å².